The summed E-state index contributed by atoms with van der Waals surface area (Å²) < 4.78 is 11.0. The molecule has 0 aromatic carbocycles. The summed E-state index contributed by atoms with van der Waals surface area (Å²) >= 11 is 0. The maximum absolute atomic E-state index is 5.52. The smallest absolute Gasteiger partial charge is 0.157 e. The zero-order valence-electron chi connectivity index (χ0n) is 11.7. The zero-order chi connectivity index (χ0) is 12.3. The summed E-state index contributed by atoms with van der Waals surface area (Å²) in [6.45, 7) is 8.76. The molecule has 2 nitrogen and oxygen atoms in total. The first-order valence-corrected chi connectivity index (χ1v) is 7.29. The maximum Gasteiger partial charge on any atom is 0.157 e. The van der Waals surface area contributed by atoms with Crippen molar-refractivity contribution in [2.75, 3.05) is 13.2 Å². The van der Waals surface area contributed by atoms with Crippen LogP contribution in [0.3, 0.4) is 0 Å². The van der Waals surface area contributed by atoms with Crippen LogP contribution >= 0.6 is 0 Å². The Morgan fingerprint density at radius 1 is 1.00 bits per heavy atom. The van der Waals surface area contributed by atoms with Gasteiger partial charge in [0.05, 0.1) is 13.2 Å². The third-order valence-electron chi connectivity index (χ3n) is 4.51. The highest BCUT2D eigenvalue weighted by Gasteiger charge is 2.31. The minimum atomic E-state index is 0.102. The number of rotatable bonds is 3. The maximum atomic E-state index is 5.52. The van der Waals surface area contributed by atoms with Crippen molar-refractivity contribution in [3.63, 3.8) is 0 Å². The van der Waals surface area contributed by atoms with Gasteiger partial charge in [0, 0.05) is 0 Å². The highest BCUT2D eigenvalue weighted by molar-refractivity contribution is 4.81. The first-order valence-electron chi connectivity index (χ1n) is 7.29. The first-order chi connectivity index (χ1) is 8.05. The quantitative estimate of drug-likeness (QED) is 0.742. The second-order valence-electron chi connectivity index (χ2n) is 6.84. The van der Waals surface area contributed by atoms with Crippen molar-refractivity contribution in [2.24, 2.45) is 17.3 Å². The lowest BCUT2D eigenvalue weighted by Crippen LogP contribution is -2.27. The Morgan fingerprint density at radius 3 is 2.35 bits per heavy atom. The Morgan fingerprint density at radius 2 is 1.71 bits per heavy atom. The molecule has 100 valence electrons. The molecule has 2 fully saturated rings. The lowest BCUT2D eigenvalue weighted by Gasteiger charge is -2.38. The number of hydrogen-bond acceptors (Lipinski definition) is 2. The second kappa shape index (κ2) is 5.71. The van der Waals surface area contributed by atoms with Gasteiger partial charge in [0.25, 0.3) is 0 Å². The SMILES string of the molecule is CC(C)(C)C1CCCC(CCC2OCCO2)C1. The molecule has 2 aliphatic rings. The Balaban J connectivity index is 1.73. The van der Waals surface area contributed by atoms with E-state index in [1.165, 1.54) is 32.1 Å². The predicted octanol–water partition coefficient (Wildman–Crippen LogP) is 3.99. The van der Waals surface area contributed by atoms with Crippen molar-refractivity contribution in [3.05, 3.63) is 0 Å². The van der Waals surface area contributed by atoms with E-state index in [1.807, 2.05) is 0 Å². The second-order valence-corrected chi connectivity index (χ2v) is 6.84. The third-order valence-corrected chi connectivity index (χ3v) is 4.51. The molecule has 1 heterocycles. The van der Waals surface area contributed by atoms with E-state index in [0.717, 1.165) is 31.5 Å². The standard InChI is InChI=1S/C15H28O2/c1-15(2,3)13-6-4-5-12(11-13)7-8-14-16-9-10-17-14/h12-14H,4-11H2,1-3H3. The van der Waals surface area contributed by atoms with Gasteiger partial charge in [-0.25, -0.2) is 0 Å². The number of ether oxygens (including phenoxy) is 2. The summed E-state index contributed by atoms with van der Waals surface area (Å²) in [5, 5.41) is 0. The predicted molar refractivity (Wildman–Crippen MR) is 69.8 cm³/mol. The molecule has 2 unspecified atom stereocenters. The van der Waals surface area contributed by atoms with Crippen molar-refractivity contribution >= 4 is 0 Å². The van der Waals surface area contributed by atoms with Gasteiger partial charge in [-0.1, -0.05) is 33.6 Å². The van der Waals surface area contributed by atoms with Crippen LogP contribution < -0.4 is 0 Å². The van der Waals surface area contributed by atoms with Crippen molar-refractivity contribution in [1.29, 1.82) is 0 Å². The molecule has 2 rings (SSSR count). The molecule has 0 N–H and O–H groups in total. The van der Waals surface area contributed by atoms with E-state index in [0.29, 0.717) is 5.41 Å². The molecule has 0 amide bonds. The van der Waals surface area contributed by atoms with Gasteiger partial charge >= 0.3 is 0 Å². The van der Waals surface area contributed by atoms with Crippen molar-refractivity contribution in [3.8, 4) is 0 Å². The molecular formula is C15H28O2. The van der Waals surface area contributed by atoms with Crippen LogP contribution in [0.25, 0.3) is 0 Å². The molecule has 0 bridgehead atoms. The van der Waals surface area contributed by atoms with Gasteiger partial charge in [-0.2, -0.15) is 0 Å². The van der Waals surface area contributed by atoms with Crippen LogP contribution in [0.4, 0.5) is 0 Å². The van der Waals surface area contributed by atoms with E-state index < -0.39 is 0 Å². The Bertz CT molecular complexity index is 226. The van der Waals surface area contributed by atoms with E-state index in [1.54, 1.807) is 0 Å². The monoisotopic (exact) mass is 240 g/mol. The van der Waals surface area contributed by atoms with Gasteiger partial charge in [0.15, 0.2) is 6.29 Å². The van der Waals surface area contributed by atoms with Gasteiger partial charge in [-0.05, 0) is 42.9 Å². The third kappa shape index (κ3) is 3.96. The number of hydrogen-bond donors (Lipinski definition) is 0. The molecule has 1 aliphatic heterocycles. The summed E-state index contributed by atoms with van der Waals surface area (Å²) in [6, 6.07) is 0. The molecule has 2 atom stereocenters. The topological polar surface area (TPSA) is 18.5 Å². The van der Waals surface area contributed by atoms with Gasteiger partial charge in [0.1, 0.15) is 0 Å². The summed E-state index contributed by atoms with van der Waals surface area (Å²) in [7, 11) is 0. The van der Waals surface area contributed by atoms with E-state index >= 15 is 0 Å². The van der Waals surface area contributed by atoms with Gasteiger partial charge in [-0.15, -0.1) is 0 Å². The van der Waals surface area contributed by atoms with E-state index in [-0.39, 0.29) is 6.29 Å². The lowest BCUT2D eigenvalue weighted by atomic mass is 9.68. The normalized spacial score (nSPS) is 31.9. The Hall–Kier alpha value is -0.0800. The molecule has 2 heteroatoms. The van der Waals surface area contributed by atoms with Crippen molar-refractivity contribution in [1.82, 2.24) is 0 Å². The van der Waals surface area contributed by atoms with E-state index in [4.69, 9.17) is 9.47 Å². The van der Waals surface area contributed by atoms with Crippen LogP contribution in [0.5, 0.6) is 0 Å². The summed E-state index contributed by atoms with van der Waals surface area (Å²) in [5.74, 6) is 1.81. The van der Waals surface area contributed by atoms with E-state index in [2.05, 4.69) is 20.8 Å². The van der Waals surface area contributed by atoms with Crippen molar-refractivity contribution in [2.45, 2.75) is 65.6 Å². The molecule has 0 aromatic heterocycles. The fraction of sp³-hybridized carbons (Fsp3) is 1.00. The zero-order valence-corrected chi connectivity index (χ0v) is 11.7. The molecule has 0 spiro atoms. The average Bonchev–Trinajstić information content (AvgIpc) is 2.78. The lowest BCUT2D eigenvalue weighted by molar-refractivity contribution is -0.0520. The van der Waals surface area contributed by atoms with Crippen LogP contribution in [-0.2, 0) is 9.47 Å². The Labute approximate surface area is 106 Å². The largest absolute Gasteiger partial charge is 0.350 e. The summed E-state index contributed by atoms with van der Waals surface area (Å²) in [5.41, 5.74) is 0.485. The first kappa shape index (κ1) is 13.4. The Kier molecular flexibility index (Phi) is 4.48. The average molecular weight is 240 g/mol. The van der Waals surface area contributed by atoms with Gasteiger partial charge in [-0.3, -0.25) is 0 Å². The van der Waals surface area contributed by atoms with Crippen LogP contribution in [0.15, 0.2) is 0 Å². The van der Waals surface area contributed by atoms with Crippen molar-refractivity contribution < 1.29 is 9.47 Å². The summed E-state index contributed by atoms with van der Waals surface area (Å²) in [6.07, 6.45) is 8.16. The van der Waals surface area contributed by atoms with Crippen LogP contribution in [0.2, 0.25) is 0 Å². The minimum absolute atomic E-state index is 0.102. The molecule has 0 aromatic rings. The molecule has 1 saturated heterocycles. The molecule has 1 saturated carbocycles. The highest BCUT2D eigenvalue weighted by atomic mass is 16.7. The van der Waals surface area contributed by atoms with Crippen LogP contribution in [0, 0.1) is 17.3 Å². The molecular weight excluding hydrogens is 212 g/mol. The molecule has 17 heavy (non-hydrogen) atoms. The molecule has 0 radical (unpaired) electrons. The fourth-order valence-corrected chi connectivity index (χ4v) is 3.29. The minimum Gasteiger partial charge on any atom is -0.350 e. The fourth-order valence-electron chi connectivity index (χ4n) is 3.29. The van der Waals surface area contributed by atoms with Crippen LogP contribution in [-0.4, -0.2) is 19.5 Å². The molecule has 1 aliphatic carbocycles. The van der Waals surface area contributed by atoms with Gasteiger partial charge < -0.3 is 9.47 Å². The van der Waals surface area contributed by atoms with Crippen LogP contribution in [0.1, 0.15) is 59.3 Å². The highest BCUT2D eigenvalue weighted by Crippen LogP contribution is 2.41. The van der Waals surface area contributed by atoms with E-state index in [9.17, 15) is 0 Å². The summed E-state index contributed by atoms with van der Waals surface area (Å²) in [4.78, 5) is 0. The van der Waals surface area contributed by atoms with Gasteiger partial charge in [0.2, 0.25) is 0 Å².